The number of hydrogen-bond donors (Lipinski definition) is 0. The molecule has 0 N–H and O–H groups in total. The van der Waals surface area contributed by atoms with Gasteiger partial charge in [0.1, 0.15) is 0 Å². The molecule has 0 radical (unpaired) electrons. The molecular formula is C15H31CeO2-2. The van der Waals surface area contributed by atoms with Gasteiger partial charge >= 0.3 is 40.5 Å². The monoisotopic (exact) mass is 383 g/mol. The van der Waals surface area contributed by atoms with Crippen LogP contribution in [0.15, 0.2) is 0 Å². The fourth-order valence-corrected chi connectivity index (χ4v) is 2.02. The fourth-order valence-electron chi connectivity index (χ4n) is 2.02. The summed E-state index contributed by atoms with van der Waals surface area (Å²) in [6.45, 7) is 6.15. The average Bonchev–Trinajstić information content (AvgIpc) is 2.37. The van der Waals surface area contributed by atoms with Gasteiger partial charge in [-0.25, -0.2) is 0 Å². The number of rotatable bonds is 12. The molecular weight excluding hydrogens is 352 g/mol. The van der Waals surface area contributed by atoms with Gasteiger partial charge in [0.15, 0.2) is 0 Å². The molecule has 3 heteroatoms. The zero-order valence-electron chi connectivity index (χ0n) is 12.2. The van der Waals surface area contributed by atoms with Crippen LogP contribution in [0.5, 0.6) is 0 Å². The number of unbranched alkanes of at least 4 members (excludes halogenated alkanes) is 12. The van der Waals surface area contributed by atoms with Gasteiger partial charge in [0.2, 0.25) is 0 Å². The van der Waals surface area contributed by atoms with Gasteiger partial charge in [-0.05, 0) is 0 Å². The second kappa shape index (κ2) is 23.2. The zero-order valence-corrected chi connectivity index (χ0v) is 15.4. The van der Waals surface area contributed by atoms with E-state index in [0.29, 0.717) is 0 Å². The van der Waals surface area contributed by atoms with Gasteiger partial charge in [0, 0.05) is 0 Å². The summed E-state index contributed by atoms with van der Waals surface area (Å²) in [7, 11) is 0. The van der Waals surface area contributed by atoms with Crippen LogP contribution in [-0.2, 0) is 0.938 Å². The van der Waals surface area contributed by atoms with Gasteiger partial charge < -0.3 is 6.92 Å². The van der Waals surface area contributed by atoms with E-state index in [1.807, 2.05) is 0 Å². The van der Waals surface area contributed by atoms with Gasteiger partial charge in [-0.3, -0.25) is 0 Å². The molecule has 18 heavy (non-hydrogen) atoms. The molecule has 109 valence electrons. The summed E-state index contributed by atoms with van der Waals surface area (Å²) in [4.78, 5) is 0. The van der Waals surface area contributed by atoms with E-state index in [-0.39, 0.29) is 0 Å². The minimum atomic E-state index is -2.42. The van der Waals surface area contributed by atoms with Crippen LogP contribution >= 0.6 is 0 Å². The molecule has 0 aromatic rings. The molecule has 0 aromatic heterocycles. The Morgan fingerprint density at radius 3 is 1.33 bits per heavy atom. The topological polar surface area (TPSA) is 40.1 Å². The Bertz CT molecular complexity index is 128. The third-order valence-electron chi connectivity index (χ3n) is 3.10. The maximum atomic E-state index is 8.57. The second-order valence-electron chi connectivity index (χ2n) is 4.83. The van der Waals surface area contributed by atoms with Crippen molar-refractivity contribution in [3.63, 3.8) is 0 Å². The molecule has 0 fully saturated rings. The van der Waals surface area contributed by atoms with Gasteiger partial charge in [-0.1, -0.05) is 84.0 Å². The molecule has 0 aliphatic heterocycles. The van der Waals surface area contributed by atoms with E-state index < -0.39 is 38.3 Å². The third kappa shape index (κ3) is 25.9. The predicted molar refractivity (Wildman–Crippen MR) is 71.7 cm³/mol. The van der Waals surface area contributed by atoms with Crippen LogP contribution < -0.4 is 1.32 Å². The quantitative estimate of drug-likeness (QED) is 0.365. The van der Waals surface area contributed by atoms with E-state index in [1.54, 1.807) is 0 Å². The van der Waals surface area contributed by atoms with Crippen molar-refractivity contribution in [3.05, 3.63) is 6.92 Å². The maximum absolute atomic E-state index is 8.57. The van der Waals surface area contributed by atoms with Crippen molar-refractivity contribution in [2.24, 2.45) is 0 Å². The molecule has 0 spiro atoms. The summed E-state index contributed by atoms with van der Waals surface area (Å²) in [5.41, 5.74) is 0. The summed E-state index contributed by atoms with van der Waals surface area (Å²) in [6, 6.07) is 0. The SMILES string of the molecule is [CH2-]CCCCCCCCCCCCCC.[O]=[Ce][O-]. The predicted octanol–water partition coefficient (Wildman–Crippen LogP) is 4.60. The van der Waals surface area contributed by atoms with Crippen LogP contribution in [0.3, 0.4) is 0 Å². The molecule has 0 unspecified atom stereocenters. The number of hydrogen-bond acceptors (Lipinski definition) is 2. The molecule has 0 rings (SSSR count). The standard InChI is InChI=1S/C15H31.Ce.2O/c1-3-5-7-9-11-13-15-14-12-10-8-6-4-2;;;/h1,3-15H2,2H3;;;/q-1;;;-1. The van der Waals surface area contributed by atoms with Crippen molar-refractivity contribution in [2.45, 2.75) is 90.4 Å². The van der Waals surface area contributed by atoms with E-state index in [1.165, 1.54) is 77.0 Å². The van der Waals surface area contributed by atoms with E-state index in [9.17, 15) is 0 Å². The minimum absolute atomic E-state index is 1.12. The summed E-state index contributed by atoms with van der Waals surface area (Å²) in [5, 5.41) is 0. The van der Waals surface area contributed by atoms with E-state index in [0.717, 1.165) is 6.42 Å². The third-order valence-corrected chi connectivity index (χ3v) is 3.10. The summed E-state index contributed by atoms with van der Waals surface area (Å²) < 4.78 is 17.1. The van der Waals surface area contributed by atoms with Gasteiger partial charge in [-0.15, -0.1) is 0 Å². The van der Waals surface area contributed by atoms with Gasteiger partial charge in [-0.2, -0.15) is 6.42 Å². The summed E-state index contributed by atoms with van der Waals surface area (Å²) in [5.74, 6) is 0. The first kappa shape index (κ1) is 21.4. The van der Waals surface area contributed by atoms with Crippen molar-refractivity contribution in [2.75, 3.05) is 0 Å². The summed E-state index contributed by atoms with van der Waals surface area (Å²) in [6.07, 6.45) is 18.3. The Hall–Kier alpha value is 1.14. The molecule has 0 atom stereocenters. The Morgan fingerprint density at radius 1 is 0.778 bits per heavy atom. The van der Waals surface area contributed by atoms with Crippen LogP contribution in [-0.4, -0.2) is 0 Å². The Morgan fingerprint density at radius 2 is 1.06 bits per heavy atom. The summed E-state index contributed by atoms with van der Waals surface area (Å²) >= 11 is -2.42. The first-order chi connectivity index (χ1) is 8.83. The van der Waals surface area contributed by atoms with Crippen molar-refractivity contribution in [1.29, 1.82) is 0 Å². The van der Waals surface area contributed by atoms with E-state index >= 15 is 0 Å². The van der Waals surface area contributed by atoms with Gasteiger partial charge in [0.25, 0.3) is 0 Å². The van der Waals surface area contributed by atoms with E-state index in [4.69, 9.17) is 2.26 Å². The van der Waals surface area contributed by atoms with Crippen LogP contribution in [0, 0.1) is 45.2 Å². The molecule has 0 aromatic carbocycles. The Balaban J connectivity index is 0. The van der Waals surface area contributed by atoms with Crippen LogP contribution in [0.1, 0.15) is 90.4 Å². The Kier molecular flexibility index (Phi) is 27.7. The van der Waals surface area contributed by atoms with Crippen molar-refractivity contribution < 1.29 is 40.5 Å². The van der Waals surface area contributed by atoms with Gasteiger partial charge in [0.05, 0.1) is 0 Å². The van der Waals surface area contributed by atoms with Crippen molar-refractivity contribution in [3.8, 4) is 0 Å². The fraction of sp³-hybridized carbons (Fsp3) is 0.933. The molecule has 0 heterocycles. The molecule has 0 saturated heterocycles. The second-order valence-corrected chi connectivity index (χ2v) is 5.35. The molecule has 0 amide bonds. The molecule has 0 aliphatic carbocycles. The molecule has 0 bridgehead atoms. The van der Waals surface area contributed by atoms with Crippen molar-refractivity contribution in [1.82, 2.24) is 0 Å². The molecule has 0 aliphatic rings. The van der Waals surface area contributed by atoms with E-state index in [2.05, 4.69) is 13.8 Å². The van der Waals surface area contributed by atoms with Crippen LogP contribution in [0.25, 0.3) is 0 Å². The normalized spacial score (nSPS) is 9.50. The first-order valence-electron chi connectivity index (χ1n) is 7.62. The molecule has 2 nitrogen and oxygen atoms in total. The first-order valence-corrected chi connectivity index (χ1v) is 10.2. The zero-order chi connectivity index (χ0) is 13.9. The van der Waals surface area contributed by atoms with Crippen LogP contribution in [0.2, 0.25) is 0 Å². The van der Waals surface area contributed by atoms with Crippen molar-refractivity contribution >= 4 is 0 Å². The average molecular weight is 384 g/mol. The van der Waals surface area contributed by atoms with Crippen LogP contribution in [0.4, 0.5) is 0 Å². The Labute approximate surface area is 137 Å². The molecule has 0 saturated carbocycles.